The Hall–Kier alpha value is -3.24. The zero-order chi connectivity index (χ0) is 23.5. The molecule has 1 unspecified atom stereocenters. The number of halogens is 1. The Morgan fingerprint density at radius 2 is 2.09 bits per heavy atom. The Kier molecular flexibility index (Phi) is 6.75. The van der Waals surface area contributed by atoms with Crippen molar-refractivity contribution in [3.63, 3.8) is 0 Å². The van der Waals surface area contributed by atoms with Gasteiger partial charge in [0.25, 0.3) is 0 Å². The number of hydrogen-bond acceptors (Lipinski definition) is 7. The van der Waals surface area contributed by atoms with Crippen LogP contribution in [-0.4, -0.2) is 36.5 Å². The largest absolute Gasteiger partial charge is 0.463 e. The minimum atomic E-state index is -0.786. The molecule has 0 saturated carbocycles. The SMILES string of the molecule is CCOC(=O)C1=C(CCl)OC(N)=C(C#N)C1c1cc2cc(C)ccc2nc1N1CCCCC1. The smallest absolute Gasteiger partial charge is 0.338 e. The first-order valence-electron chi connectivity index (χ1n) is 11.2. The first kappa shape index (κ1) is 22.9. The predicted molar refractivity (Wildman–Crippen MR) is 128 cm³/mol. The molecule has 33 heavy (non-hydrogen) atoms. The van der Waals surface area contributed by atoms with Crippen molar-refractivity contribution < 1.29 is 14.3 Å². The van der Waals surface area contributed by atoms with Crippen LogP contribution < -0.4 is 10.6 Å². The molecule has 3 heterocycles. The number of allylic oxidation sites excluding steroid dienone is 2. The number of esters is 1. The van der Waals surface area contributed by atoms with Crippen LogP contribution in [0, 0.1) is 18.3 Å². The standard InChI is InChI=1S/C25H27ClN4O3/c1-3-32-25(31)22-20(13-26)33-23(28)18(14-27)21(22)17-12-16-11-15(2)7-8-19(16)29-24(17)30-9-5-4-6-10-30/h7-8,11-12,21H,3-6,9-10,13,28H2,1-2H3. The number of nitrogens with two attached hydrogens (primary N) is 1. The van der Waals surface area contributed by atoms with Gasteiger partial charge in [-0.05, 0) is 51.3 Å². The number of hydrogen-bond donors (Lipinski definition) is 1. The van der Waals surface area contributed by atoms with Crippen LogP contribution in [0.3, 0.4) is 0 Å². The molecule has 4 rings (SSSR count). The van der Waals surface area contributed by atoms with E-state index in [4.69, 9.17) is 31.8 Å². The Morgan fingerprint density at radius 1 is 1.33 bits per heavy atom. The zero-order valence-electron chi connectivity index (χ0n) is 18.9. The van der Waals surface area contributed by atoms with E-state index in [0.29, 0.717) is 0 Å². The summed E-state index contributed by atoms with van der Waals surface area (Å²) in [5, 5.41) is 11.0. The first-order chi connectivity index (χ1) is 16.0. The lowest BCUT2D eigenvalue weighted by Gasteiger charge is -2.33. The number of fused-ring (bicyclic) bond motifs is 1. The summed E-state index contributed by atoms with van der Waals surface area (Å²) in [4.78, 5) is 20.3. The monoisotopic (exact) mass is 466 g/mol. The number of alkyl halides is 1. The van der Waals surface area contributed by atoms with Crippen molar-refractivity contribution in [3.8, 4) is 6.07 Å². The van der Waals surface area contributed by atoms with Crippen molar-refractivity contribution in [3.05, 3.63) is 58.2 Å². The molecule has 0 spiro atoms. The lowest BCUT2D eigenvalue weighted by molar-refractivity contribution is -0.139. The molecule has 1 saturated heterocycles. The first-order valence-corrected chi connectivity index (χ1v) is 11.7. The number of aryl methyl sites for hydroxylation is 1. The Morgan fingerprint density at radius 3 is 2.76 bits per heavy atom. The van der Waals surface area contributed by atoms with Gasteiger partial charge in [-0.25, -0.2) is 9.78 Å². The summed E-state index contributed by atoms with van der Waals surface area (Å²) in [5.41, 5.74) is 9.16. The molecule has 0 aliphatic carbocycles. The van der Waals surface area contributed by atoms with E-state index in [-0.39, 0.29) is 35.3 Å². The summed E-state index contributed by atoms with van der Waals surface area (Å²) in [7, 11) is 0. The number of ether oxygens (including phenoxy) is 2. The van der Waals surface area contributed by atoms with Gasteiger partial charge in [0.05, 0.1) is 29.5 Å². The normalized spacial score (nSPS) is 18.8. The summed E-state index contributed by atoms with van der Waals surface area (Å²) in [6, 6.07) is 10.2. The highest BCUT2D eigenvalue weighted by atomic mass is 35.5. The van der Waals surface area contributed by atoms with Crippen molar-refractivity contribution in [2.24, 2.45) is 5.73 Å². The lowest BCUT2D eigenvalue weighted by atomic mass is 9.82. The summed E-state index contributed by atoms with van der Waals surface area (Å²) in [5.74, 6) is -0.554. The van der Waals surface area contributed by atoms with Crippen LogP contribution in [0.25, 0.3) is 10.9 Å². The minimum Gasteiger partial charge on any atom is -0.463 e. The zero-order valence-corrected chi connectivity index (χ0v) is 19.6. The summed E-state index contributed by atoms with van der Waals surface area (Å²) in [6.07, 6.45) is 3.27. The number of nitriles is 1. The molecule has 2 aliphatic heterocycles. The van der Waals surface area contributed by atoms with Crippen molar-refractivity contribution in [1.29, 1.82) is 5.26 Å². The number of anilines is 1. The fourth-order valence-corrected chi connectivity index (χ4v) is 4.73. The second-order valence-corrected chi connectivity index (χ2v) is 8.53. The predicted octanol–water partition coefficient (Wildman–Crippen LogP) is 4.40. The fourth-order valence-electron chi connectivity index (χ4n) is 4.53. The molecule has 0 amide bonds. The molecule has 172 valence electrons. The number of carbonyl (C=O) groups is 1. The molecule has 1 aromatic carbocycles. The van der Waals surface area contributed by atoms with E-state index in [1.54, 1.807) is 6.92 Å². The van der Waals surface area contributed by atoms with Gasteiger partial charge in [-0.3, -0.25) is 0 Å². The maximum absolute atomic E-state index is 13.1. The van der Waals surface area contributed by atoms with Gasteiger partial charge < -0.3 is 20.1 Å². The second-order valence-electron chi connectivity index (χ2n) is 8.26. The highest BCUT2D eigenvalue weighted by Gasteiger charge is 2.39. The van der Waals surface area contributed by atoms with Crippen LogP contribution in [-0.2, 0) is 14.3 Å². The third-order valence-electron chi connectivity index (χ3n) is 6.06. The van der Waals surface area contributed by atoms with Crippen molar-refractivity contribution in [2.75, 3.05) is 30.5 Å². The van der Waals surface area contributed by atoms with E-state index < -0.39 is 11.9 Å². The van der Waals surface area contributed by atoms with Crippen LogP contribution >= 0.6 is 11.6 Å². The third kappa shape index (κ3) is 4.36. The highest BCUT2D eigenvalue weighted by Crippen LogP contribution is 2.44. The third-order valence-corrected chi connectivity index (χ3v) is 6.30. The minimum absolute atomic E-state index is 0.0554. The van der Waals surface area contributed by atoms with Gasteiger partial charge in [0.15, 0.2) is 0 Å². The highest BCUT2D eigenvalue weighted by molar-refractivity contribution is 6.19. The van der Waals surface area contributed by atoms with Crippen LogP contribution in [0.15, 0.2) is 47.1 Å². The van der Waals surface area contributed by atoms with Gasteiger partial charge in [0.1, 0.15) is 23.2 Å². The summed E-state index contributed by atoms with van der Waals surface area (Å²) >= 11 is 6.15. The van der Waals surface area contributed by atoms with Gasteiger partial charge in [-0.2, -0.15) is 5.26 Å². The number of pyridine rings is 1. The number of piperidine rings is 1. The quantitative estimate of drug-likeness (QED) is 0.514. The molecule has 0 bridgehead atoms. The molecule has 1 aromatic heterocycles. The van der Waals surface area contributed by atoms with Crippen molar-refractivity contribution in [2.45, 2.75) is 39.0 Å². The molecule has 1 atom stereocenters. The summed E-state index contributed by atoms with van der Waals surface area (Å²) < 4.78 is 11.0. The maximum atomic E-state index is 13.1. The van der Waals surface area contributed by atoms with Crippen molar-refractivity contribution in [1.82, 2.24) is 4.98 Å². The number of rotatable bonds is 5. The van der Waals surface area contributed by atoms with Gasteiger partial charge >= 0.3 is 5.97 Å². The maximum Gasteiger partial charge on any atom is 0.338 e. The fraction of sp³-hybridized carbons (Fsp3) is 0.400. The van der Waals surface area contributed by atoms with E-state index in [0.717, 1.165) is 60.2 Å². The molecule has 0 radical (unpaired) electrons. The van der Waals surface area contributed by atoms with Crippen LogP contribution in [0.5, 0.6) is 0 Å². The lowest BCUT2D eigenvalue weighted by Crippen LogP contribution is -2.33. The van der Waals surface area contributed by atoms with E-state index in [1.165, 1.54) is 0 Å². The summed E-state index contributed by atoms with van der Waals surface area (Å²) in [6.45, 7) is 5.62. The molecular formula is C25H27ClN4O3. The number of benzene rings is 1. The van der Waals surface area contributed by atoms with E-state index in [1.807, 2.05) is 31.2 Å². The van der Waals surface area contributed by atoms with Gasteiger partial charge in [-0.15, -0.1) is 11.6 Å². The Labute approximate surface area is 198 Å². The Bertz CT molecular complexity index is 1190. The molecule has 7 nitrogen and oxygen atoms in total. The molecule has 8 heteroatoms. The van der Waals surface area contributed by atoms with Crippen LogP contribution in [0.4, 0.5) is 5.82 Å². The molecule has 2 N–H and O–H groups in total. The van der Waals surface area contributed by atoms with Gasteiger partial charge in [0.2, 0.25) is 5.88 Å². The van der Waals surface area contributed by atoms with E-state index in [9.17, 15) is 10.1 Å². The van der Waals surface area contributed by atoms with E-state index in [2.05, 4.69) is 11.0 Å². The molecule has 2 aliphatic rings. The van der Waals surface area contributed by atoms with Crippen molar-refractivity contribution >= 4 is 34.3 Å². The Balaban J connectivity index is 2.01. The molecule has 1 fully saturated rings. The number of aromatic nitrogens is 1. The van der Waals surface area contributed by atoms with E-state index >= 15 is 0 Å². The average Bonchev–Trinajstić information content (AvgIpc) is 2.83. The molecule has 2 aromatic rings. The second kappa shape index (κ2) is 9.72. The van der Waals surface area contributed by atoms with Gasteiger partial charge in [-0.1, -0.05) is 11.6 Å². The van der Waals surface area contributed by atoms with Gasteiger partial charge in [0, 0.05) is 24.0 Å². The topological polar surface area (TPSA) is 101 Å². The van der Waals surface area contributed by atoms with Crippen LogP contribution in [0.1, 0.15) is 43.2 Å². The number of carbonyl (C=O) groups excluding carboxylic acids is 1. The average molecular weight is 467 g/mol. The van der Waals surface area contributed by atoms with Crippen LogP contribution in [0.2, 0.25) is 0 Å². The molecular weight excluding hydrogens is 440 g/mol. The number of nitrogens with zero attached hydrogens (tertiary/aromatic N) is 3.